The highest BCUT2D eigenvalue weighted by Gasteiger charge is 2.18. The smallest absolute Gasteiger partial charge is 0.340 e. The van der Waals surface area contributed by atoms with Crippen LogP contribution in [0, 0.1) is 5.82 Å². The number of carbonyl (C=O) groups is 2. The van der Waals surface area contributed by atoms with Crippen molar-refractivity contribution < 1.29 is 23.5 Å². The average molecular weight is 624 g/mol. The molecule has 0 unspecified atom stereocenters. The van der Waals surface area contributed by atoms with Crippen LogP contribution >= 0.6 is 11.6 Å². The third kappa shape index (κ3) is 5.63. The number of nitrogens with one attached hydrogen (secondary N) is 1. The summed E-state index contributed by atoms with van der Waals surface area (Å²) < 4.78 is 28.0. The van der Waals surface area contributed by atoms with Gasteiger partial charge in [-0.15, -0.1) is 0 Å². The lowest BCUT2D eigenvalue weighted by Gasteiger charge is -2.13. The van der Waals surface area contributed by atoms with Gasteiger partial charge in [0.15, 0.2) is 11.0 Å². The first-order valence-corrected chi connectivity index (χ1v) is 14.6. The van der Waals surface area contributed by atoms with Gasteiger partial charge >= 0.3 is 11.9 Å². The van der Waals surface area contributed by atoms with Gasteiger partial charge in [0.05, 0.1) is 52.1 Å². The van der Waals surface area contributed by atoms with E-state index in [1.807, 2.05) is 63.7 Å². The number of para-hydroxylation sites is 3. The molecule has 4 heterocycles. The van der Waals surface area contributed by atoms with E-state index < -0.39 is 5.97 Å². The molecule has 0 spiro atoms. The minimum Gasteiger partial charge on any atom is -0.462 e. The predicted molar refractivity (Wildman–Crippen MR) is 172 cm³/mol. The Hall–Kier alpha value is -5.48. The van der Waals surface area contributed by atoms with Crippen LogP contribution in [0.15, 0.2) is 97.3 Å². The topological polar surface area (TPSA) is 99.2 Å². The maximum Gasteiger partial charge on any atom is 0.340 e. The molecule has 11 heteroatoms. The van der Waals surface area contributed by atoms with E-state index >= 15 is 0 Å². The Kier molecular flexibility index (Phi) is 8.30. The molecule has 7 aromatic rings. The van der Waals surface area contributed by atoms with Crippen LogP contribution < -0.4 is 5.32 Å². The Morgan fingerprint density at radius 3 is 1.84 bits per heavy atom. The van der Waals surface area contributed by atoms with Crippen molar-refractivity contribution in [3.8, 4) is 0 Å². The average Bonchev–Trinajstić information content (AvgIpc) is 3.74. The summed E-state index contributed by atoms with van der Waals surface area (Å²) in [6.45, 7) is 4.13. The van der Waals surface area contributed by atoms with Gasteiger partial charge in [-0.05, 0) is 74.5 Å². The van der Waals surface area contributed by atoms with Crippen LogP contribution in [-0.4, -0.2) is 43.9 Å². The van der Waals surface area contributed by atoms with E-state index in [9.17, 15) is 14.0 Å². The summed E-state index contributed by atoms with van der Waals surface area (Å²) in [7, 11) is 0. The molecule has 0 fully saturated rings. The number of ether oxygens (including phenoxy) is 2. The fourth-order valence-corrected chi connectivity index (χ4v) is 5.32. The van der Waals surface area contributed by atoms with Crippen LogP contribution in [0.4, 0.5) is 15.9 Å². The van der Waals surface area contributed by atoms with Gasteiger partial charge in [-0.1, -0.05) is 35.9 Å². The van der Waals surface area contributed by atoms with Crippen molar-refractivity contribution in [2.24, 2.45) is 0 Å². The van der Waals surface area contributed by atoms with E-state index in [4.69, 9.17) is 21.1 Å². The molecule has 3 aromatic carbocycles. The highest BCUT2D eigenvalue weighted by atomic mass is 35.5. The molecule has 1 N–H and O–H groups in total. The molecule has 7 rings (SSSR count). The van der Waals surface area contributed by atoms with Crippen molar-refractivity contribution in [3.05, 3.63) is 119 Å². The van der Waals surface area contributed by atoms with Gasteiger partial charge in [0.25, 0.3) is 0 Å². The molecular formula is C34H27ClFN5O4. The van der Waals surface area contributed by atoms with Crippen LogP contribution in [0.5, 0.6) is 0 Å². The summed E-state index contributed by atoms with van der Waals surface area (Å²) in [4.78, 5) is 33.2. The molecule has 0 aliphatic heterocycles. The molecule has 4 aromatic heterocycles. The molecule has 0 radical (unpaired) electrons. The number of rotatable bonds is 6. The van der Waals surface area contributed by atoms with Crippen molar-refractivity contribution in [1.29, 1.82) is 0 Å². The lowest BCUT2D eigenvalue weighted by atomic mass is 10.1. The van der Waals surface area contributed by atoms with Gasteiger partial charge in [0.1, 0.15) is 16.9 Å². The van der Waals surface area contributed by atoms with E-state index in [2.05, 4.69) is 15.3 Å². The van der Waals surface area contributed by atoms with Gasteiger partial charge in [-0.2, -0.15) is 0 Å². The van der Waals surface area contributed by atoms with Crippen LogP contribution in [0.25, 0.3) is 33.1 Å². The molecule has 226 valence electrons. The maximum absolute atomic E-state index is 14.1. The number of esters is 2. The molecule has 9 nitrogen and oxygen atoms in total. The molecule has 0 saturated heterocycles. The highest BCUT2D eigenvalue weighted by Crippen LogP contribution is 2.28. The monoisotopic (exact) mass is 623 g/mol. The van der Waals surface area contributed by atoms with Gasteiger partial charge in [0, 0.05) is 12.4 Å². The minimum atomic E-state index is -0.436. The quantitative estimate of drug-likeness (QED) is 0.188. The van der Waals surface area contributed by atoms with Crippen molar-refractivity contribution in [1.82, 2.24) is 18.8 Å². The van der Waals surface area contributed by atoms with Gasteiger partial charge in [0.2, 0.25) is 0 Å². The number of fused-ring (bicyclic) bond motifs is 6. The first kappa shape index (κ1) is 29.6. The Morgan fingerprint density at radius 2 is 1.24 bits per heavy atom. The number of hydrogen-bond donors (Lipinski definition) is 1. The third-order valence-electron chi connectivity index (χ3n) is 7.05. The Bertz CT molecular complexity index is 2210. The SMILES string of the molecule is CCOC(=O)c1cccc2c1nc(Cl)c1cccn12.CCOC(=O)c1cccc2c1nc(Nc1ccccc1F)c1cccn12. The predicted octanol–water partition coefficient (Wildman–Crippen LogP) is 7.86. The van der Waals surface area contributed by atoms with Gasteiger partial charge in [-0.3, -0.25) is 0 Å². The molecule has 0 aliphatic carbocycles. The molecule has 0 saturated carbocycles. The summed E-state index contributed by atoms with van der Waals surface area (Å²) in [5, 5.41) is 3.40. The number of anilines is 2. The fraction of sp³-hybridized carbons (Fsp3) is 0.118. The number of halogens is 2. The largest absolute Gasteiger partial charge is 0.462 e. The zero-order valence-electron chi connectivity index (χ0n) is 24.3. The second-order valence-electron chi connectivity index (χ2n) is 9.78. The molecule has 45 heavy (non-hydrogen) atoms. The number of nitrogens with zero attached hydrogens (tertiary/aromatic N) is 4. The van der Waals surface area contributed by atoms with Crippen molar-refractivity contribution in [3.63, 3.8) is 0 Å². The number of hydrogen-bond acceptors (Lipinski definition) is 7. The van der Waals surface area contributed by atoms with Crippen LogP contribution in [0.1, 0.15) is 34.6 Å². The third-order valence-corrected chi connectivity index (χ3v) is 7.33. The standard InChI is InChI=1S/C20H16FN3O2.C14H11ClN2O2/c1-2-26-20(25)13-7-5-10-16-18(13)23-19(17-11-6-12-24(16)17)22-15-9-4-3-8-14(15)21;1-2-19-14(18)9-5-3-6-10-12(9)16-13(15)11-7-4-8-17(10)11/h3-12H,2H2,1H3,(H,22,23);3-8H,2H2,1H3. The highest BCUT2D eigenvalue weighted by molar-refractivity contribution is 6.33. The first-order chi connectivity index (χ1) is 21.9. The van der Waals surface area contributed by atoms with Gasteiger partial charge < -0.3 is 23.6 Å². The summed E-state index contributed by atoms with van der Waals surface area (Å²) in [5.74, 6) is -0.737. The van der Waals surface area contributed by atoms with Crippen LogP contribution in [0.3, 0.4) is 0 Å². The minimum absolute atomic E-state index is 0.279. The van der Waals surface area contributed by atoms with Crippen LogP contribution in [-0.2, 0) is 9.47 Å². The number of benzene rings is 3. The zero-order valence-corrected chi connectivity index (χ0v) is 25.1. The van der Waals surface area contributed by atoms with Crippen LogP contribution in [0.2, 0.25) is 5.15 Å². The molecular weight excluding hydrogens is 597 g/mol. The second kappa shape index (κ2) is 12.6. The summed E-state index contributed by atoms with van der Waals surface area (Å²) >= 11 is 6.15. The Balaban J connectivity index is 0.000000167. The van der Waals surface area contributed by atoms with Crippen molar-refractivity contribution >= 4 is 68.1 Å². The van der Waals surface area contributed by atoms with E-state index in [1.165, 1.54) is 6.07 Å². The Labute approximate surface area is 261 Å². The number of carbonyl (C=O) groups excluding carboxylic acids is 2. The normalized spacial score (nSPS) is 11.0. The summed E-state index contributed by atoms with van der Waals surface area (Å²) in [5.41, 5.74) is 5.36. The van der Waals surface area contributed by atoms with E-state index in [0.717, 1.165) is 22.1 Å². The second-order valence-corrected chi connectivity index (χ2v) is 10.1. The lowest BCUT2D eigenvalue weighted by Crippen LogP contribution is -2.08. The zero-order chi connectivity index (χ0) is 31.5. The van der Waals surface area contributed by atoms with Crippen molar-refractivity contribution in [2.45, 2.75) is 13.8 Å². The fourth-order valence-electron chi connectivity index (χ4n) is 5.08. The summed E-state index contributed by atoms with van der Waals surface area (Å²) in [6, 6.07) is 24.7. The van der Waals surface area contributed by atoms with E-state index in [1.54, 1.807) is 50.2 Å². The molecule has 0 atom stereocenters. The Morgan fingerprint density at radius 1 is 0.711 bits per heavy atom. The van der Waals surface area contributed by atoms with Crippen molar-refractivity contribution in [2.75, 3.05) is 18.5 Å². The summed E-state index contributed by atoms with van der Waals surface area (Å²) in [6.07, 6.45) is 3.76. The van der Waals surface area contributed by atoms with E-state index in [-0.39, 0.29) is 18.4 Å². The lowest BCUT2D eigenvalue weighted by molar-refractivity contribution is 0.0518. The van der Waals surface area contributed by atoms with E-state index in [0.29, 0.717) is 45.4 Å². The molecule has 0 amide bonds. The maximum atomic E-state index is 14.1. The number of aromatic nitrogens is 4. The molecule has 0 aliphatic rings. The van der Waals surface area contributed by atoms with Gasteiger partial charge in [-0.25, -0.2) is 23.9 Å². The molecule has 0 bridgehead atoms. The first-order valence-electron chi connectivity index (χ1n) is 14.2.